The summed E-state index contributed by atoms with van der Waals surface area (Å²) >= 11 is 0. The molecule has 1 amide bonds. The first-order valence-corrected chi connectivity index (χ1v) is 9.11. The third-order valence-corrected chi connectivity index (χ3v) is 5.48. The van der Waals surface area contributed by atoms with Gasteiger partial charge in [-0.05, 0) is 32.8 Å². The number of nitrogens with zero attached hydrogens (tertiary/aromatic N) is 3. The molecule has 7 heteroatoms. The molecule has 1 saturated heterocycles. The van der Waals surface area contributed by atoms with Crippen LogP contribution in [-0.4, -0.2) is 49.7 Å². The number of aromatic carboxylic acids is 1. The average molecular weight is 366 g/mol. The number of H-pyrrole nitrogens is 1. The van der Waals surface area contributed by atoms with Gasteiger partial charge in [0.25, 0.3) is 5.91 Å². The molecule has 3 heterocycles. The van der Waals surface area contributed by atoms with E-state index >= 15 is 0 Å². The number of fused-ring (bicyclic) bond motifs is 1. The van der Waals surface area contributed by atoms with Gasteiger partial charge in [0.15, 0.2) is 0 Å². The van der Waals surface area contributed by atoms with Crippen molar-refractivity contribution in [3.63, 3.8) is 0 Å². The molecule has 4 rings (SSSR count). The molecule has 0 radical (unpaired) electrons. The van der Waals surface area contributed by atoms with E-state index in [1.54, 1.807) is 11.6 Å². The molecule has 2 aromatic heterocycles. The van der Waals surface area contributed by atoms with E-state index in [0.717, 1.165) is 35.0 Å². The third kappa shape index (κ3) is 2.89. The summed E-state index contributed by atoms with van der Waals surface area (Å²) < 4.78 is 1.79. The van der Waals surface area contributed by atoms with Crippen molar-refractivity contribution >= 4 is 22.8 Å². The highest BCUT2D eigenvalue weighted by Crippen LogP contribution is 2.28. The van der Waals surface area contributed by atoms with E-state index in [9.17, 15) is 14.7 Å². The molecule has 1 aliphatic heterocycles. The summed E-state index contributed by atoms with van der Waals surface area (Å²) in [5.41, 5.74) is 3.51. The maximum absolute atomic E-state index is 13.1. The molecule has 2 N–H and O–H groups in total. The third-order valence-electron chi connectivity index (χ3n) is 5.48. The van der Waals surface area contributed by atoms with Gasteiger partial charge >= 0.3 is 5.97 Å². The molecule has 0 aliphatic carbocycles. The van der Waals surface area contributed by atoms with Gasteiger partial charge in [0.1, 0.15) is 5.56 Å². The Hall–Kier alpha value is -3.09. The first-order chi connectivity index (χ1) is 13.0. The molecule has 0 unspecified atom stereocenters. The minimum atomic E-state index is -0.957. The molecule has 1 fully saturated rings. The van der Waals surface area contributed by atoms with Crippen molar-refractivity contribution in [1.82, 2.24) is 19.7 Å². The SMILES string of the molecule is Cc1[nH]c2ccccc2c1C(=O)N1CCC(n2ncc(C(=O)O)c2C)CC1. The molecule has 0 saturated carbocycles. The number of aromatic amines is 1. The summed E-state index contributed by atoms with van der Waals surface area (Å²) in [4.78, 5) is 29.5. The first kappa shape index (κ1) is 17.3. The van der Waals surface area contributed by atoms with Crippen LogP contribution in [0.15, 0.2) is 30.5 Å². The van der Waals surface area contributed by atoms with Gasteiger partial charge in [-0.2, -0.15) is 5.10 Å². The number of likely N-dealkylation sites (tertiary alicyclic amines) is 1. The monoisotopic (exact) mass is 366 g/mol. The Labute approximate surface area is 156 Å². The zero-order valence-electron chi connectivity index (χ0n) is 15.4. The van der Waals surface area contributed by atoms with Crippen LogP contribution >= 0.6 is 0 Å². The fourth-order valence-electron chi connectivity index (χ4n) is 4.03. The second kappa shape index (κ2) is 6.57. The lowest BCUT2D eigenvalue weighted by Gasteiger charge is -2.32. The molecule has 0 atom stereocenters. The van der Waals surface area contributed by atoms with E-state index in [1.807, 2.05) is 36.1 Å². The van der Waals surface area contributed by atoms with Gasteiger partial charge in [-0.15, -0.1) is 0 Å². The summed E-state index contributed by atoms with van der Waals surface area (Å²) in [5, 5.41) is 14.4. The number of nitrogens with one attached hydrogen (secondary N) is 1. The number of carbonyl (C=O) groups is 2. The van der Waals surface area contributed by atoms with E-state index in [0.29, 0.717) is 18.8 Å². The Morgan fingerprint density at radius 1 is 1.19 bits per heavy atom. The lowest BCUT2D eigenvalue weighted by molar-refractivity contribution is 0.0689. The Morgan fingerprint density at radius 3 is 2.56 bits per heavy atom. The van der Waals surface area contributed by atoms with Crippen LogP contribution in [-0.2, 0) is 0 Å². The number of piperidine rings is 1. The lowest BCUT2D eigenvalue weighted by atomic mass is 10.0. The summed E-state index contributed by atoms with van der Waals surface area (Å²) in [6, 6.07) is 7.96. The van der Waals surface area contributed by atoms with Crippen LogP contribution in [0, 0.1) is 13.8 Å². The molecular formula is C20H22N4O3. The first-order valence-electron chi connectivity index (χ1n) is 9.11. The van der Waals surface area contributed by atoms with E-state index in [2.05, 4.69) is 10.1 Å². The number of carboxylic acid groups (broad SMARTS) is 1. The largest absolute Gasteiger partial charge is 0.478 e. The van der Waals surface area contributed by atoms with Gasteiger partial charge in [0.2, 0.25) is 0 Å². The van der Waals surface area contributed by atoms with Crippen LogP contribution in [0.5, 0.6) is 0 Å². The topological polar surface area (TPSA) is 91.2 Å². The number of hydrogen-bond acceptors (Lipinski definition) is 3. The normalized spacial score (nSPS) is 15.4. The predicted molar refractivity (Wildman–Crippen MR) is 101 cm³/mol. The molecule has 3 aromatic rings. The van der Waals surface area contributed by atoms with Crippen molar-refractivity contribution in [3.8, 4) is 0 Å². The molecule has 27 heavy (non-hydrogen) atoms. The maximum atomic E-state index is 13.1. The summed E-state index contributed by atoms with van der Waals surface area (Å²) in [7, 11) is 0. The van der Waals surface area contributed by atoms with E-state index in [-0.39, 0.29) is 17.5 Å². The highest BCUT2D eigenvalue weighted by Gasteiger charge is 2.28. The van der Waals surface area contributed by atoms with Crippen LogP contribution < -0.4 is 0 Å². The van der Waals surface area contributed by atoms with Gasteiger partial charge in [-0.25, -0.2) is 4.79 Å². The van der Waals surface area contributed by atoms with E-state index < -0.39 is 5.97 Å². The lowest BCUT2D eigenvalue weighted by Crippen LogP contribution is -2.39. The number of carboxylic acids is 1. The summed E-state index contributed by atoms with van der Waals surface area (Å²) in [6.07, 6.45) is 2.92. The highest BCUT2D eigenvalue weighted by atomic mass is 16.4. The minimum absolute atomic E-state index is 0.0480. The van der Waals surface area contributed by atoms with Gasteiger partial charge in [0, 0.05) is 29.7 Å². The zero-order chi connectivity index (χ0) is 19.1. The van der Waals surface area contributed by atoms with Crippen LogP contribution in [0.3, 0.4) is 0 Å². The molecule has 0 bridgehead atoms. The van der Waals surface area contributed by atoms with Crippen molar-refractivity contribution in [2.45, 2.75) is 32.7 Å². The average Bonchev–Trinajstić information content (AvgIpc) is 3.20. The summed E-state index contributed by atoms with van der Waals surface area (Å²) in [5.74, 6) is -0.909. The Bertz CT molecular complexity index is 1030. The number of amides is 1. The smallest absolute Gasteiger partial charge is 0.339 e. The van der Waals surface area contributed by atoms with Crippen LogP contribution in [0.25, 0.3) is 10.9 Å². The second-order valence-electron chi connectivity index (χ2n) is 7.09. The van der Waals surface area contributed by atoms with Crippen LogP contribution in [0.4, 0.5) is 0 Å². The van der Waals surface area contributed by atoms with Crippen molar-refractivity contribution in [1.29, 1.82) is 0 Å². The Morgan fingerprint density at radius 2 is 1.89 bits per heavy atom. The molecule has 140 valence electrons. The van der Waals surface area contributed by atoms with Gasteiger partial charge in [-0.3, -0.25) is 9.48 Å². The molecule has 1 aromatic carbocycles. The van der Waals surface area contributed by atoms with Crippen molar-refractivity contribution in [2.75, 3.05) is 13.1 Å². The van der Waals surface area contributed by atoms with Crippen LogP contribution in [0.1, 0.15) is 51.0 Å². The van der Waals surface area contributed by atoms with Crippen molar-refractivity contribution in [2.24, 2.45) is 0 Å². The van der Waals surface area contributed by atoms with E-state index in [1.165, 1.54) is 6.20 Å². The molecule has 1 aliphatic rings. The minimum Gasteiger partial charge on any atom is -0.478 e. The summed E-state index contributed by atoms with van der Waals surface area (Å²) in [6.45, 7) is 4.97. The standard InChI is InChI=1S/C20H22N4O3/c1-12-18(15-5-3-4-6-17(15)22-12)19(25)23-9-7-14(8-10-23)24-13(2)16(11-21-24)20(26)27/h3-6,11,14,22H,7-10H2,1-2H3,(H,26,27). The number of para-hydroxylation sites is 1. The van der Waals surface area contributed by atoms with Gasteiger partial charge in [-0.1, -0.05) is 18.2 Å². The number of hydrogen-bond donors (Lipinski definition) is 2. The number of benzene rings is 1. The Balaban J connectivity index is 1.51. The van der Waals surface area contributed by atoms with Crippen LogP contribution in [0.2, 0.25) is 0 Å². The van der Waals surface area contributed by atoms with Crippen molar-refractivity contribution < 1.29 is 14.7 Å². The fraction of sp³-hybridized carbons (Fsp3) is 0.350. The van der Waals surface area contributed by atoms with E-state index in [4.69, 9.17) is 0 Å². The maximum Gasteiger partial charge on any atom is 0.339 e. The molecule has 0 spiro atoms. The predicted octanol–water partition coefficient (Wildman–Crippen LogP) is 3.16. The fourth-order valence-corrected chi connectivity index (χ4v) is 4.03. The number of carbonyl (C=O) groups excluding carboxylic acids is 1. The second-order valence-corrected chi connectivity index (χ2v) is 7.09. The highest BCUT2D eigenvalue weighted by molar-refractivity contribution is 6.08. The van der Waals surface area contributed by atoms with Crippen molar-refractivity contribution in [3.05, 3.63) is 53.0 Å². The molecule has 7 nitrogen and oxygen atoms in total. The zero-order valence-corrected chi connectivity index (χ0v) is 15.4. The number of rotatable bonds is 3. The Kier molecular flexibility index (Phi) is 4.22. The van der Waals surface area contributed by atoms with Gasteiger partial charge < -0.3 is 15.0 Å². The number of aromatic nitrogens is 3. The quantitative estimate of drug-likeness (QED) is 0.745. The van der Waals surface area contributed by atoms with Gasteiger partial charge in [0.05, 0.1) is 23.5 Å². The number of aryl methyl sites for hydroxylation is 1. The molecular weight excluding hydrogens is 344 g/mol.